The van der Waals surface area contributed by atoms with Gasteiger partial charge >= 0.3 is 0 Å². The average Bonchev–Trinajstić information content (AvgIpc) is 2.78. The SMILES string of the molecule is CCNC(=NCc1ccnc(N2CCN(C)CC2)c1)NCC1(c2ccccc2)CCC1.I. The number of nitrogens with zero attached hydrogens (tertiary/aromatic N) is 4. The van der Waals surface area contributed by atoms with E-state index in [0.29, 0.717) is 6.54 Å². The fourth-order valence-corrected chi connectivity index (χ4v) is 4.50. The van der Waals surface area contributed by atoms with Crippen LogP contribution in [0.15, 0.2) is 53.7 Å². The highest BCUT2D eigenvalue weighted by molar-refractivity contribution is 14.0. The van der Waals surface area contributed by atoms with E-state index in [2.05, 4.69) is 81.9 Å². The van der Waals surface area contributed by atoms with E-state index in [1.807, 2.05) is 6.20 Å². The zero-order valence-corrected chi connectivity index (χ0v) is 21.7. The van der Waals surface area contributed by atoms with Crippen LogP contribution < -0.4 is 15.5 Å². The van der Waals surface area contributed by atoms with Gasteiger partial charge in [-0.25, -0.2) is 9.98 Å². The highest BCUT2D eigenvalue weighted by atomic mass is 127. The zero-order chi connectivity index (χ0) is 21.5. The van der Waals surface area contributed by atoms with Gasteiger partial charge in [0.1, 0.15) is 5.82 Å². The van der Waals surface area contributed by atoms with Crippen LogP contribution in [-0.4, -0.2) is 62.2 Å². The lowest BCUT2D eigenvalue weighted by Crippen LogP contribution is -2.48. The Morgan fingerprint density at radius 2 is 1.81 bits per heavy atom. The molecule has 7 heteroatoms. The first-order chi connectivity index (χ1) is 15.2. The number of hydrogen-bond acceptors (Lipinski definition) is 4. The van der Waals surface area contributed by atoms with Crippen LogP contribution in [0.25, 0.3) is 0 Å². The Kier molecular flexibility index (Phi) is 9.16. The van der Waals surface area contributed by atoms with Crippen molar-refractivity contribution in [2.24, 2.45) is 4.99 Å². The van der Waals surface area contributed by atoms with E-state index in [4.69, 9.17) is 4.99 Å². The predicted octanol–water partition coefficient (Wildman–Crippen LogP) is 3.63. The number of anilines is 1. The molecular weight excluding hydrogens is 511 g/mol. The highest BCUT2D eigenvalue weighted by Crippen LogP contribution is 2.43. The summed E-state index contributed by atoms with van der Waals surface area (Å²) in [4.78, 5) is 14.2. The molecule has 0 spiro atoms. The van der Waals surface area contributed by atoms with Gasteiger partial charge in [-0.05, 0) is 50.1 Å². The van der Waals surface area contributed by atoms with Gasteiger partial charge in [-0.15, -0.1) is 24.0 Å². The molecule has 6 nitrogen and oxygen atoms in total. The number of guanidine groups is 1. The minimum absolute atomic E-state index is 0. The molecule has 0 bridgehead atoms. The summed E-state index contributed by atoms with van der Waals surface area (Å²) in [5.74, 6) is 1.96. The summed E-state index contributed by atoms with van der Waals surface area (Å²) in [5.41, 5.74) is 2.88. The molecule has 1 saturated heterocycles. The second-order valence-electron chi connectivity index (χ2n) is 8.86. The molecule has 2 N–H and O–H groups in total. The quantitative estimate of drug-likeness (QED) is 0.315. The largest absolute Gasteiger partial charge is 0.357 e. The molecule has 4 rings (SSSR count). The number of aliphatic imine (C=N–C) groups is 1. The molecule has 1 aliphatic heterocycles. The van der Waals surface area contributed by atoms with E-state index in [1.165, 1.54) is 30.4 Å². The molecule has 1 aromatic carbocycles. The standard InChI is InChI=1S/C25H36N6.HI/c1-3-26-24(29-20-25(11-7-12-25)22-8-5-4-6-9-22)28-19-21-10-13-27-23(18-21)31-16-14-30(2)15-17-31;/h4-6,8-10,13,18H,3,7,11-12,14-17,19-20H2,1-2H3,(H2,26,28,29);1H. The van der Waals surface area contributed by atoms with E-state index in [1.54, 1.807) is 0 Å². The predicted molar refractivity (Wildman–Crippen MR) is 144 cm³/mol. The fourth-order valence-electron chi connectivity index (χ4n) is 4.50. The van der Waals surface area contributed by atoms with Crippen molar-refractivity contribution in [2.45, 2.75) is 38.1 Å². The van der Waals surface area contributed by atoms with Crippen molar-refractivity contribution in [1.82, 2.24) is 20.5 Å². The first kappa shape index (κ1) is 24.8. The number of piperazine rings is 1. The third kappa shape index (κ3) is 6.13. The lowest BCUT2D eigenvalue weighted by Gasteiger charge is -2.43. The molecule has 0 unspecified atom stereocenters. The molecule has 32 heavy (non-hydrogen) atoms. The van der Waals surface area contributed by atoms with Gasteiger partial charge in [0.15, 0.2) is 5.96 Å². The monoisotopic (exact) mass is 548 g/mol. The second-order valence-corrected chi connectivity index (χ2v) is 8.86. The average molecular weight is 549 g/mol. The maximum atomic E-state index is 4.88. The molecule has 2 heterocycles. The normalized spacial score (nSPS) is 18.4. The number of nitrogens with one attached hydrogen (secondary N) is 2. The van der Waals surface area contributed by atoms with Crippen LogP contribution in [0.3, 0.4) is 0 Å². The van der Waals surface area contributed by atoms with Crippen molar-refractivity contribution >= 4 is 35.8 Å². The highest BCUT2D eigenvalue weighted by Gasteiger charge is 2.38. The van der Waals surface area contributed by atoms with Gasteiger partial charge in [0.05, 0.1) is 6.54 Å². The molecule has 0 amide bonds. The second kappa shape index (κ2) is 11.8. The topological polar surface area (TPSA) is 55.8 Å². The molecule has 174 valence electrons. The Balaban J connectivity index is 0.00000289. The number of benzene rings is 1. The van der Waals surface area contributed by atoms with Crippen LogP contribution >= 0.6 is 24.0 Å². The third-order valence-corrected chi connectivity index (χ3v) is 6.69. The summed E-state index contributed by atoms with van der Waals surface area (Å²) in [6.45, 7) is 8.77. The van der Waals surface area contributed by atoms with Crippen LogP contribution in [0.5, 0.6) is 0 Å². The van der Waals surface area contributed by atoms with E-state index in [0.717, 1.165) is 51.0 Å². The van der Waals surface area contributed by atoms with Gasteiger partial charge in [0, 0.05) is 50.9 Å². The summed E-state index contributed by atoms with van der Waals surface area (Å²) < 4.78 is 0. The summed E-state index contributed by atoms with van der Waals surface area (Å²) >= 11 is 0. The molecule has 2 aromatic rings. The van der Waals surface area contributed by atoms with Crippen molar-refractivity contribution in [3.63, 3.8) is 0 Å². The summed E-state index contributed by atoms with van der Waals surface area (Å²) in [5, 5.41) is 7.04. The van der Waals surface area contributed by atoms with Gasteiger partial charge < -0.3 is 20.4 Å². The zero-order valence-electron chi connectivity index (χ0n) is 19.4. The Hall–Kier alpha value is -1.87. The Bertz CT molecular complexity index is 860. The van der Waals surface area contributed by atoms with E-state index >= 15 is 0 Å². The van der Waals surface area contributed by atoms with Gasteiger partial charge in [0.25, 0.3) is 0 Å². The van der Waals surface area contributed by atoms with Gasteiger partial charge in [0.2, 0.25) is 0 Å². The number of aromatic nitrogens is 1. The van der Waals surface area contributed by atoms with Crippen molar-refractivity contribution in [1.29, 1.82) is 0 Å². The molecule has 1 aliphatic carbocycles. The van der Waals surface area contributed by atoms with Crippen LogP contribution in [-0.2, 0) is 12.0 Å². The molecule has 0 atom stereocenters. The van der Waals surface area contributed by atoms with Gasteiger partial charge in [-0.1, -0.05) is 36.8 Å². The first-order valence-electron chi connectivity index (χ1n) is 11.6. The van der Waals surface area contributed by atoms with Gasteiger partial charge in [-0.2, -0.15) is 0 Å². The van der Waals surface area contributed by atoms with Crippen molar-refractivity contribution in [2.75, 3.05) is 51.2 Å². The lowest BCUT2D eigenvalue weighted by molar-refractivity contribution is 0.244. The number of rotatable bonds is 7. The Morgan fingerprint density at radius 3 is 2.47 bits per heavy atom. The van der Waals surface area contributed by atoms with E-state index < -0.39 is 0 Å². The number of pyridine rings is 1. The van der Waals surface area contributed by atoms with Crippen LogP contribution in [0.2, 0.25) is 0 Å². The minimum Gasteiger partial charge on any atom is -0.357 e. The summed E-state index contributed by atoms with van der Waals surface area (Å²) in [6.07, 6.45) is 5.69. The van der Waals surface area contributed by atoms with Crippen molar-refractivity contribution in [3.05, 3.63) is 59.8 Å². The molecular formula is C25H37IN6. The Labute approximate surface area is 209 Å². The fraction of sp³-hybridized carbons (Fsp3) is 0.520. The number of halogens is 1. The van der Waals surface area contributed by atoms with E-state index in [-0.39, 0.29) is 29.4 Å². The number of hydrogen-bond donors (Lipinski definition) is 2. The summed E-state index contributed by atoms with van der Waals surface area (Å²) in [6, 6.07) is 15.2. The van der Waals surface area contributed by atoms with Crippen LogP contribution in [0.1, 0.15) is 37.3 Å². The van der Waals surface area contributed by atoms with Crippen LogP contribution in [0, 0.1) is 0 Å². The maximum absolute atomic E-state index is 4.88. The van der Waals surface area contributed by atoms with Crippen molar-refractivity contribution in [3.8, 4) is 0 Å². The lowest BCUT2D eigenvalue weighted by atomic mass is 9.64. The molecule has 0 radical (unpaired) electrons. The summed E-state index contributed by atoms with van der Waals surface area (Å²) in [7, 11) is 2.18. The van der Waals surface area contributed by atoms with E-state index in [9.17, 15) is 0 Å². The van der Waals surface area contributed by atoms with Crippen LogP contribution in [0.4, 0.5) is 5.82 Å². The molecule has 2 fully saturated rings. The molecule has 1 saturated carbocycles. The third-order valence-electron chi connectivity index (χ3n) is 6.69. The Morgan fingerprint density at radius 1 is 1.06 bits per heavy atom. The van der Waals surface area contributed by atoms with Gasteiger partial charge in [-0.3, -0.25) is 0 Å². The minimum atomic E-state index is 0. The molecule has 2 aliphatic rings. The first-order valence-corrected chi connectivity index (χ1v) is 11.6. The molecule has 1 aromatic heterocycles. The van der Waals surface area contributed by atoms with Crippen molar-refractivity contribution < 1.29 is 0 Å². The maximum Gasteiger partial charge on any atom is 0.191 e. The smallest absolute Gasteiger partial charge is 0.191 e. The number of likely N-dealkylation sites (N-methyl/N-ethyl adjacent to an activating group) is 1.